The molecule has 0 radical (unpaired) electrons. The molecule has 37 heavy (non-hydrogen) atoms. The highest BCUT2D eigenvalue weighted by Crippen LogP contribution is 2.68. The van der Waals surface area contributed by atoms with Gasteiger partial charge in [0.05, 0.1) is 12.2 Å². The smallest absolute Gasteiger partial charge is 0.248 e. The Balaban J connectivity index is 1.21. The maximum atomic E-state index is 12.7. The van der Waals surface area contributed by atoms with Gasteiger partial charge in [-0.25, -0.2) is 0 Å². The summed E-state index contributed by atoms with van der Waals surface area (Å²) in [6.07, 6.45) is 9.36. The predicted molar refractivity (Wildman–Crippen MR) is 145 cm³/mol. The van der Waals surface area contributed by atoms with Gasteiger partial charge in [0.1, 0.15) is 0 Å². The van der Waals surface area contributed by atoms with E-state index < -0.39 is 5.91 Å². The van der Waals surface area contributed by atoms with Gasteiger partial charge >= 0.3 is 0 Å². The van der Waals surface area contributed by atoms with E-state index in [0.29, 0.717) is 53.2 Å². The fraction of sp³-hybridized carbons (Fsp3) is 0.742. The third kappa shape index (κ3) is 4.73. The molecular weight excluding hydrogens is 464 g/mol. The maximum absolute atomic E-state index is 12.7. The van der Waals surface area contributed by atoms with E-state index in [1.807, 2.05) is 0 Å². The summed E-state index contributed by atoms with van der Waals surface area (Å²) in [5.41, 5.74) is 6.88. The molecule has 0 spiro atoms. The first-order valence-electron chi connectivity index (χ1n) is 14.6. The van der Waals surface area contributed by atoms with Gasteiger partial charge in [-0.15, -0.1) is 0 Å². The average Bonchev–Trinajstić information content (AvgIpc) is 3.21. The second-order valence-electron chi connectivity index (χ2n) is 13.5. The van der Waals surface area contributed by atoms with Gasteiger partial charge in [0, 0.05) is 17.7 Å². The van der Waals surface area contributed by atoms with Crippen LogP contribution >= 0.6 is 0 Å². The van der Waals surface area contributed by atoms with Crippen molar-refractivity contribution in [2.24, 2.45) is 52.1 Å². The Labute approximate surface area is 221 Å². The van der Waals surface area contributed by atoms with Gasteiger partial charge in [-0.2, -0.15) is 0 Å². The summed E-state index contributed by atoms with van der Waals surface area (Å²) in [4.78, 5) is 23.9. The van der Waals surface area contributed by atoms with Gasteiger partial charge in [-0.3, -0.25) is 9.59 Å². The van der Waals surface area contributed by atoms with Crippen molar-refractivity contribution in [1.82, 2.24) is 0 Å². The zero-order valence-corrected chi connectivity index (χ0v) is 22.8. The molecule has 1 aromatic carbocycles. The number of hydrogen-bond donors (Lipinski definition) is 4. The van der Waals surface area contributed by atoms with E-state index in [-0.39, 0.29) is 28.9 Å². The zero-order valence-electron chi connectivity index (χ0n) is 22.8. The first-order valence-corrected chi connectivity index (χ1v) is 14.6. The quantitative estimate of drug-likeness (QED) is 0.425. The summed E-state index contributed by atoms with van der Waals surface area (Å²) >= 11 is 0. The average molecular weight is 511 g/mol. The summed E-state index contributed by atoms with van der Waals surface area (Å²) < 4.78 is 0. The molecule has 2 amide bonds. The largest absolute Gasteiger partial charge is 0.393 e. The van der Waals surface area contributed by atoms with Gasteiger partial charge in [-0.1, -0.05) is 20.8 Å². The zero-order chi connectivity index (χ0) is 26.5. The SMILES string of the molecule is C[C@@H](CCC(=O)Nc1ccc(C(N)=O)cc1)[C@@H]1CC[C@@H]2[C@H]3[C@H](O)C[C@H]4C[C@@H](O)CC[C@@]4(C)[C@@H]3CC[C@]21C. The topological polar surface area (TPSA) is 113 Å². The van der Waals surface area contributed by atoms with Crippen LogP contribution in [0, 0.1) is 46.3 Å². The first-order chi connectivity index (χ1) is 17.5. The van der Waals surface area contributed by atoms with Crippen molar-refractivity contribution >= 4 is 17.5 Å². The molecule has 1 aromatic rings. The number of aliphatic hydroxyl groups excluding tert-OH is 2. The molecule has 4 fully saturated rings. The number of aliphatic hydroxyl groups is 2. The third-order valence-corrected chi connectivity index (χ3v) is 11.7. The second-order valence-corrected chi connectivity index (χ2v) is 13.5. The van der Waals surface area contributed by atoms with Crippen LogP contribution in [0.4, 0.5) is 5.69 Å². The van der Waals surface area contributed by atoms with Crippen LogP contribution in [0.3, 0.4) is 0 Å². The van der Waals surface area contributed by atoms with Crippen LogP contribution in [0.15, 0.2) is 24.3 Å². The van der Waals surface area contributed by atoms with E-state index in [0.717, 1.165) is 32.1 Å². The van der Waals surface area contributed by atoms with E-state index in [1.165, 1.54) is 25.7 Å². The van der Waals surface area contributed by atoms with Crippen molar-refractivity contribution in [3.8, 4) is 0 Å². The molecule has 4 saturated carbocycles. The highest BCUT2D eigenvalue weighted by molar-refractivity contribution is 5.94. The lowest BCUT2D eigenvalue weighted by Gasteiger charge is -2.62. The first kappa shape index (κ1) is 26.7. The maximum Gasteiger partial charge on any atom is 0.248 e. The Morgan fingerprint density at radius 2 is 1.68 bits per heavy atom. The van der Waals surface area contributed by atoms with E-state index in [2.05, 4.69) is 26.1 Å². The number of carbonyl (C=O) groups is 2. The Morgan fingerprint density at radius 1 is 1.00 bits per heavy atom. The molecule has 0 aliphatic heterocycles. The molecular formula is C31H46N2O4. The molecule has 5 rings (SSSR count). The number of hydrogen-bond acceptors (Lipinski definition) is 4. The lowest BCUT2D eigenvalue weighted by Crippen LogP contribution is -2.58. The van der Waals surface area contributed by atoms with Crippen LogP contribution in [0.5, 0.6) is 0 Å². The van der Waals surface area contributed by atoms with E-state index in [4.69, 9.17) is 5.73 Å². The van der Waals surface area contributed by atoms with Crippen molar-refractivity contribution in [2.45, 2.75) is 97.2 Å². The summed E-state index contributed by atoms with van der Waals surface area (Å²) in [7, 11) is 0. The van der Waals surface area contributed by atoms with Crippen LogP contribution in [-0.4, -0.2) is 34.2 Å². The Morgan fingerprint density at radius 3 is 2.38 bits per heavy atom. The summed E-state index contributed by atoms with van der Waals surface area (Å²) in [6, 6.07) is 6.70. The van der Waals surface area contributed by atoms with Crippen LogP contribution in [-0.2, 0) is 4.79 Å². The van der Waals surface area contributed by atoms with Crippen LogP contribution < -0.4 is 11.1 Å². The molecule has 0 bridgehead atoms. The fourth-order valence-corrected chi connectivity index (χ4v) is 9.68. The van der Waals surface area contributed by atoms with Crippen molar-refractivity contribution in [2.75, 3.05) is 5.32 Å². The van der Waals surface area contributed by atoms with Gasteiger partial charge in [-0.05, 0) is 128 Å². The fourth-order valence-electron chi connectivity index (χ4n) is 9.68. The van der Waals surface area contributed by atoms with Crippen molar-refractivity contribution in [3.05, 3.63) is 29.8 Å². The molecule has 0 aromatic heterocycles. The van der Waals surface area contributed by atoms with Crippen LogP contribution in [0.2, 0.25) is 0 Å². The van der Waals surface area contributed by atoms with Gasteiger partial charge in [0.25, 0.3) is 0 Å². The molecule has 6 heteroatoms. The molecule has 5 N–H and O–H groups in total. The minimum atomic E-state index is -0.476. The number of rotatable bonds is 6. The monoisotopic (exact) mass is 510 g/mol. The molecule has 4 aliphatic carbocycles. The Hall–Kier alpha value is -1.92. The highest BCUT2D eigenvalue weighted by Gasteiger charge is 2.62. The van der Waals surface area contributed by atoms with Gasteiger partial charge < -0.3 is 21.3 Å². The molecule has 204 valence electrons. The number of nitrogens with one attached hydrogen (secondary N) is 1. The predicted octanol–water partition coefficient (Wildman–Crippen LogP) is 5.13. The molecule has 6 nitrogen and oxygen atoms in total. The van der Waals surface area contributed by atoms with Crippen LogP contribution in [0.1, 0.15) is 95.3 Å². The van der Waals surface area contributed by atoms with E-state index >= 15 is 0 Å². The van der Waals surface area contributed by atoms with Crippen molar-refractivity contribution in [1.29, 1.82) is 0 Å². The summed E-state index contributed by atoms with van der Waals surface area (Å²) in [5.74, 6) is 2.48. The van der Waals surface area contributed by atoms with Gasteiger partial charge in [0.2, 0.25) is 11.8 Å². The van der Waals surface area contributed by atoms with Crippen molar-refractivity contribution < 1.29 is 19.8 Å². The van der Waals surface area contributed by atoms with E-state index in [9.17, 15) is 19.8 Å². The molecule has 4 aliphatic rings. The van der Waals surface area contributed by atoms with Crippen molar-refractivity contribution in [3.63, 3.8) is 0 Å². The number of carbonyl (C=O) groups excluding carboxylic acids is 2. The number of fused-ring (bicyclic) bond motifs is 5. The Kier molecular flexibility index (Phi) is 7.21. The second kappa shape index (κ2) is 10.00. The van der Waals surface area contributed by atoms with E-state index in [1.54, 1.807) is 24.3 Å². The number of anilines is 1. The lowest BCUT2D eigenvalue weighted by molar-refractivity contribution is -0.174. The number of primary amides is 1. The minimum absolute atomic E-state index is 0.00300. The standard InChI is InChI=1S/C31H46N2O4/c1-18(4-11-27(36)33-21-7-5-19(6-8-21)29(32)37)23-9-10-24-28-25(13-15-31(23,24)3)30(2)14-12-22(34)16-20(30)17-26(28)35/h5-8,18,20,22-26,28,34-35H,4,9-17H2,1-3H3,(H2,32,37)(H,33,36)/t18-,20+,22-,23-,24+,25+,26+,28+,30+,31-/m0/s1. The molecule has 0 heterocycles. The number of benzene rings is 1. The summed E-state index contributed by atoms with van der Waals surface area (Å²) in [6.45, 7) is 7.26. The molecule has 0 unspecified atom stereocenters. The van der Waals surface area contributed by atoms with Gasteiger partial charge in [0.15, 0.2) is 0 Å². The number of amides is 2. The Bertz CT molecular complexity index is 1010. The normalized spacial score (nSPS) is 41.7. The summed E-state index contributed by atoms with van der Waals surface area (Å²) in [5, 5.41) is 24.7. The highest BCUT2D eigenvalue weighted by atomic mass is 16.3. The third-order valence-electron chi connectivity index (χ3n) is 11.7. The molecule has 0 saturated heterocycles. The lowest BCUT2D eigenvalue weighted by atomic mass is 9.43. The van der Waals surface area contributed by atoms with Crippen LogP contribution in [0.25, 0.3) is 0 Å². The molecule has 10 atom stereocenters. The number of nitrogens with two attached hydrogens (primary N) is 1. The minimum Gasteiger partial charge on any atom is -0.393 e.